The summed E-state index contributed by atoms with van der Waals surface area (Å²) in [5.74, 6) is -2.83. The van der Waals surface area contributed by atoms with Crippen molar-refractivity contribution in [3.63, 3.8) is 0 Å². The maximum Gasteiger partial charge on any atom is 0.342 e. The third-order valence-corrected chi connectivity index (χ3v) is 2.77. The van der Waals surface area contributed by atoms with Crippen LogP contribution in [-0.2, 0) is 0 Å². The predicted octanol–water partition coefficient (Wildman–Crippen LogP) is 1.83. The highest BCUT2D eigenvalue weighted by molar-refractivity contribution is 5.93. The molecule has 1 aromatic rings. The highest BCUT2D eigenvalue weighted by Gasteiger charge is 2.23. The first-order chi connectivity index (χ1) is 7.61. The third kappa shape index (κ3) is 1.68. The van der Waals surface area contributed by atoms with Crippen LogP contribution in [0.5, 0.6) is 5.75 Å². The van der Waals surface area contributed by atoms with Gasteiger partial charge in [0.1, 0.15) is 11.4 Å². The molecule has 0 amide bonds. The molecule has 1 aliphatic rings. The number of aromatic hydroxyl groups is 1. The lowest BCUT2D eigenvalue weighted by Crippen LogP contribution is -2.18. The average molecular weight is 225 g/mol. The van der Waals surface area contributed by atoms with E-state index in [1.54, 1.807) is 0 Å². The molecular formula is C11H12FNO3. The summed E-state index contributed by atoms with van der Waals surface area (Å²) in [4.78, 5) is 12.7. The molecule has 0 bridgehead atoms. The molecule has 0 saturated carbocycles. The van der Waals surface area contributed by atoms with Crippen molar-refractivity contribution in [2.45, 2.75) is 12.8 Å². The number of hydrogen-bond donors (Lipinski definition) is 2. The molecule has 0 unspecified atom stereocenters. The Balaban J connectivity index is 2.47. The van der Waals surface area contributed by atoms with Crippen LogP contribution in [0, 0.1) is 5.82 Å². The van der Waals surface area contributed by atoms with Gasteiger partial charge in [-0.15, -0.1) is 0 Å². The fourth-order valence-corrected chi connectivity index (χ4v) is 1.97. The van der Waals surface area contributed by atoms with Gasteiger partial charge in [-0.05, 0) is 25.0 Å². The second-order valence-corrected chi connectivity index (χ2v) is 3.79. The van der Waals surface area contributed by atoms with Gasteiger partial charge in [0.15, 0.2) is 5.75 Å². The van der Waals surface area contributed by atoms with Crippen LogP contribution in [0.1, 0.15) is 23.2 Å². The Kier molecular flexibility index (Phi) is 2.68. The van der Waals surface area contributed by atoms with E-state index in [0.29, 0.717) is 5.69 Å². The number of aromatic carboxylic acids is 1. The van der Waals surface area contributed by atoms with Gasteiger partial charge in [-0.25, -0.2) is 9.18 Å². The summed E-state index contributed by atoms with van der Waals surface area (Å²) in [5, 5.41) is 18.5. The van der Waals surface area contributed by atoms with Crippen LogP contribution < -0.4 is 4.90 Å². The lowest BCUT2D eigenvalue weighted by atomic mass is 10.1. The van der Waals surface area contributed by atoms with Crippen molar-refractivity contribution in [1.29, 1.82) is 0 Å². The minimum Gasteiger partial charge on any atom is -0.505 e. The molecule has 1 heterocycles. The summed E-state index contributed by atoms with van der Waals surface area (Å²) in [6.07, 6.45) is 2.00. The zero-order valence-corrected chi connectivity index (χ0v) is 8.61. The number of benzene rings is 1. The molecule has 0 atom stereocenters. The van der Waals surface area contributed by atoms with E-state index in [0.717, 1.165) is 32.0 Å². The highest BCUT2D eigenvalue weighted by Crippen LogP contribution is 2.34. The molecule has 16 heavy (non-hydrogen) atoms. The van der Waals surface area contributed by atoms with Crippen LogP contribution in [0.3, 0.4) is 0 Å². The fraction of sp³-hybridized carbons (Fsp3) is 0.364. The van der Waals surface area contributed by atoms with Crippen molar-refractivity contribution in [2.75, 3.05) is 18.0 Å². The number of hydrogen-bond acceptors (Lipinski definition) is 3. The number of carbonyl (C=O) groups is 1. The Bertz CT molecular complexity index is 427. The lowest BCUT2D eigenvalue weighted by molar-refractivity contribution is 0.0688. The molecule has 1 aliphatic heterocycles. The lowest BCUT2D eigenvalue weighted by Gasteiger charge is -2.19. The second kappa shape index (κ2) is 4.00. The van der Waals surface area contributed by atoms with E-state index in [2.05, 4.69) is 0 Å². The zero-order valence-electron chi connectivity index (χ0n) is 8.61. The molecule has 0 aromatic heterocycles. The van der Waals surface area contributed by atoms with Gasteiger partial charge in [0.25, 0.3) is 0 Å². The number of phenols is 1. The summed E-state index contributed by atoms with van der Waals surface area (Å²) >= 11 is 0. The predicted molar refractivity (Wildman–Crippen MR) is 56.5 cm³/mol. The van der Waals surface area contributed by atoms with Crippen LogP contribution in [0.4, 0.5) is 10.1 Å². The summed E-state index contributed by atoms with van der Waals surface area (Å²) in [5.41, 5.74) is -0.249. The number of nitrogens with zero attached hydrogens (tertiary/aromatic N) is 1. The second-order valence-electron chi connectivity index (χ2n) is 3.79. The molecule has 4 nitrogen and oxygen atoms in total. The van der Waals surface area contributed by atoms with E-state index < -0.39 is 23.1 Å². The van der Waals surface area contributed by atoms with Crippen LogP contribution in [0.2, 0.25) is 0 Å². The molecule has 0 aliphatic carbocycles. The van der Waals surface area contributed by atoms with Gasteiger partial charge < -0.3 is 15.1 Å². The summed E-state index contributed by atoms with van der Waals surface area (Å²) in [7, 11) is 0. The smallest absolute Gasteiger partial charge is 0.342 e. The first-order valence-corrected chi connectivity index (χ1v) is 5.11. The highest BCUT2D eigenvalue weighted by atomic mass is 19.1. The monoisotopic (exact) mass is 225 g/mol. The van der Waals surface area contributed by atoms with Crippen molar-refractivity contribution < 1.29 is 19.4 Å². The van der Waals surface area contributed by atoms with Crippen LogP contribution >= 0.6 is 0 Å². The van der Waals surface area contributed by atoms with Crippen LogP contribution in [-0.4, -0.2) is 29.3 Å². The first kappa shape index (κ1) is 10.7. The van der Waals surface area contributed by atoms with Crippen LogP contribution in [0.15, 0.2) is 12.1 Å². The van der Waals surface area contributed by atoms with E-state index in [-0.39, 0.29) is 0 Å². The minimum absolute atomic E-state index is 0.399. The van der Waals surface area contributed by atoms with Crippen molar-refractivity contribution in [1.82, 2.24) is 0 Å². The average Bonchev–Trinajstić information content (AvgIpc) is 2.70. The summed E-state index contributed by atoms with van der Waals surface area (Å²) < 4.78 is 13.2. The number of carboxylic acids is 1. The van der Waals surface area contributed by atoms with Gasteiger partial charge in [-0.1, -0.05) is 0 Å². The van der Waals surface area contributed by atoms with E-state index in [4.69, 9.17) is 5.11 Å². The quantitative estimate of drug-likeness (QED) is 0.806. The molecule has 1 fully saturated rings. The van der Waals surface area contributed by atoms with Gasteiger partial charge in [0.05, 0.1) is 5.69 Å². The normalized spacial score (nSPS) is 15.4. The summed E-state index contributed by atoms with van der Waals surface area (Å²) in [6.45, 7) is 1.52. The van der Waals surface area contributed by atoms with Gasteiger partial charge in [-0.2, -0.15) is 0 Å². The van der Waals surface area contributed by atoms with Crippen molar-refractivity contribution >= 4 is 11.7 Å². The standard InChI is InChI=1S/C11H12FNO3/c12-7-3-4-8(13-5-1-2-6-13)10(14)9(7)11(15)16/h3-4,14H,1-2,5-6H2,(H,15,16). The Labute approximate surface area is 91.9 Å². The molecule has 1 aromatic carbocycles. The SMILES string of the molecule is O=C(O)c1c(F)ccc(N2CCCC2)c1O. The minimum atomic E-state index is -1.45. The summed E-state index contributed by atoms with van der Waals surface area (Å²) in [6, 6.07) is 2.50. The van der Waals surface area contributed by atoms with Gasteiger partial charge in [-0.3, -0.25) is 0 Å². The number of halogens is 1. The maximum atomic E-state index is 13.2. The third-order valence-electron chi connectivity index (χ3n) is 2.77. The number of carboxylic acid groups (broad SMARTS) is 1. The maximum absolute atomic E-state index is 13.2. The molecule has 2 N–H and O–H groups in total. The Morgan fingerprint density at radius 1 is 1.31 bits per heavy atom. The van der Waals surface area contributed by atoms with Gasteiger partial charge >= 0.3 is 5.97 Å². The van der Waals surface area contributed by atoms with Crippen LogP contribution in [0.25, 0.3) is 0 Å². The molecular weight excluding hydrogens is 213 g/mol. The van der Waals surface area contributed by atoms with E-state index in [9.17, 15) is 14.3 Å². The topological polar surface area (TPSA) is 60.8 Å². The zero-order chi connectivity index (χ0) is 11.7. The van der Waals surface area contributed by atoms with Crippen molar-refractivity contribution in [3.8, 4) is 5.75 Å². The van der Waals surface area contributed by atoms with Crippen molar-refractivity contribution in [2.24, 2.45) is 0 Å². The Morgan fingerprint density at radius 2 is 1.94 bits per heavy atom. The number of rotatable bonds is 2. The molecule has 1 saturated heterocycles. The van der Waals surface area contributed by atoms with E-state index >= 15 is 0 Å². The fourth-order valence-electron chi connectivity index (χ4n) is 1.97. The Morgan fingerprint density at radius 3 is 2.50 bits per heavy atom. The first-order valence-electron chi connectivity index (χ1n) is 5.11. The van der Waals surface area contributed by atoms with Gasteiger partial charge in [0, 0.05) is 13.1 Å². The molecule has 0 radical (unpaired) electrons. The molecule has 5 heteroatoms. The van der Waals surface area contributed by atoms with Crippen molar-refractivity contribution in [3.05, 3.63) is 23.5 Å². The number of anilines is 1. The van der Waals surface area contributed by atoms with E-state index in [1.807, 2.05) is 4.90 Å². The molecule has 86 valence electrons. The van der Waals surface area contributed by atoms with Gasteiger partial charge in [0.2, 0.25) is 0 Å². The van der Waals surface area contributed by atoms with E-state index in [1.165, 1.54) is 6.07 Å². The molecule has 2 rings (SSSR count). The Hall–Kier alpha value is -1.78. The molecule has 0 spiro atoms. The largest absolute Gasteiger partial charge is 0.505 e.